The summed E-state index contributed by atoms with van der Waals surface area (Å²) < 4.78 is 0. The van der Waals surface area contributed by atoms with Gasteiger partial charge in [0.15, 0.2) is 0 Å². The first-order valence-corrected chi connectivity index (χ1v) is 8.75. The van der Waals surface area contributed by atoms with Crippen molar-refractivity contribution in [2.24, 2.45) is 23.0 Å². The maximum absolute atomic E-state index is 6.29. The Morgan fingerprint density at radius 1 is 1.10 bits per heavy atom. The van der Waals surface area contributed by atoms with Crippen LogP contribution in [0.3, 0.4) is 0 Å². The van der Waals surface area contributed by atoms with Crippen molar-refractivity contribution in [1.82, 2.24) is 4.90 Å². The lowest BCUT2D eigenvalue weighted by molar-refractivity contribution is 0.00810. The molecule has 2 aliphatic carbocycles. The van der Waals surface area contributed by atoms with Gasteiger partial charge in [0.25, 0.3) is 0 Å². The molecule has 20 heavy (non-hydrogen) atoms. The molecule has 0 unspecified atom stereocenters. The summed E-state index contributed by atoms with van der Waals surface area (Å²) in [5.74, 6) is 1.63. The fourth-order valence-electron chi connectivity index (χ4n) is 4.14. The highest BCUT2D eigenvalue weighted by Gasteiger charge is 2.46. The van der Waals surface area contributed by atoms with Crippen LogP contribution in [0.5, 0.6) is 0 Å². The second-order valence-corrected chi connectivity index (χ2v) is 8.85. The smallest absolute Gasteiger partial charge is 0.0335 e. The molecular weight excluding hydrogens is 244 g/mol. The molecule has 2 nitrogen and oxygen atoms in total. The fourth-order valence-corrected chi connectivity index (χ4v) is 4.14. The number of rotatable bonds is 5. The van der Waals surface area contributed by atoms with Gasteiger partial charge in [-0.25, -0.2) is 0 Å². The number of nitrogens with zero attached hydrogens (tertiary/aromatic N) is 1. The minimum absolute atomic E-state index is 0.313. The highest BCUT2D eigenvalue weighted by Crippen LogP contribution is 2.46. The first-order chi connectivity index (χ1) is 9.28. The minimum Gasteiger partial charge on any atom is -0.329 e. The van der Waals surface area contributed by atoms with Gasteiger partial charge in [0.05, 0.1) is 0 Å². The summed E-state index contributed by atoms with van der Waals surface area (Å²) in [4.78, 5) is 2.82. The Labute approximate surface area is 126 Å². The van der Waals surface area contributed by atoms with E-state index >= 15 is 0 Å². The lowest BCUT2D eigenvalue weighted by atomic mass is 9.66. The second-order valence-electron chi connectivity index (χ2n) is 8.85. The van der Waals surface area contributed by atoms with E-state index in [1.807, 2.05) is 0 Å². The Morgan fingerprint density at radius 3 is 2.00 bits per heavy atom. The maximum atomic E-state index is 6.29. The van der Waals surface area contributed by atoms with Crippen molar-refractivity contribution in [3.8, 4) is 0 Å². The quantitative estimate of drug-likeness (QED) is 0.823. The van der Waals surface area contributed by atoms with Crippen LogP contribution in [0.25, 0.3) is 0 Å². The zero-order valence-corrected chi connectivity index (χ0v) is 14.4. The predicted octanol–water partition coefficient (Wildman–Crippen LogP) is 4.04. The lowest BCUT2D eigenvalue weighted by Gasteiger charge is -2.50. The summed E-state index contributed by atoms with van der Waals surface area (Å²) in [7, 11) is 0. The molecule has 0 aromatic carbocycles. The van der Waals surface area contributed by atoms with Gasteiger partial charge in [-0.05, 0) is 55.8 Å². The second kappa shape index (κ2) is 5.96. The first kappa shape index (κ1) is 16.3. The van der Waals surface area contributed by atoms with E-state index in [1.54, 1.807) is 0 Å². The van der Waals surface area contributed by atoms with Crippen LogP contribution < -0.4 is 5.73 Å². The summed E-state index contributed by atoms with van der Waals surface area (Å²) in [5, 5.41) is 0. The number of hydrogen-bond donors (Lipinski definition) is 1. The number of nitrogens with two attached hydrogens (primary N) is 1. The highest BCUT2D eigenvalue weighted by atomic mass is 15.3. The molecule has 2 saturated carbocycles. The molecule has 0 spiro atoms. The molecule has 0 aromatic heterocycles. The van der Waals surface area contributed by atoms with Gasteiger partial charge in [-0.3, -0.25) is 4.90 Å². The molecule has 2 aliphatic rings. The number of hydrogen-bond acceptors (Lipinski definition) is 2. The van der Waals surface area contributed by atoms with Crippen LogP contribution >= 0.6 is 0 Å². The average Bonchev–Trinajstić information content (AvgIpc) is 3.19. The normalized spacial score (nSPS) is 32.1. The third-order valence-electron chi connectivity index (χ3n) is 5.68. The molecule has 0 radical (unpaired) electrons. The Balaban J connectivity index is 2.06. The largest absolute Gasteiger partial charge is 0.329 e. The van der Waals surface area contributed by atoms with Crippen LogP contribution in [0.1, 0.15) is 73.1 Å². The van der Waals surface area contributed by atoms with Crippen molar-refractivity contribution in [2.45, 2.75) is 84.7 Å². The predicted molar refractivity (Wildman–Crippen MR) is 87.8 cm³/mol. The Morgan fingerprint density at radius 2 is 1.65 bits per heavy atom. The third kappa shape index (κ3) is 3.57. The van der Waals surface area contributed by atoms with E-state index in [9.17, 15) is 0 Å². The van der Waals surface area contributed by atoms with Gasteiger partial charge in [-0.2, -0.15) is 0 Å². The van der Waals surface area contributed by atoms with E-state index in [1.165, 1.54) is 45.1 Å². The monoisotopic (exact) mass is 280 g/mol. The van der Waals surface area contributed by atoms with E-state index < -0.39 is 0 Å². The van der Waals surface area contributed by atoms with E-state index in [0.29, 0.717) is 11.0 Å². The van der Waals surface area contributed by atoms with Crippen molar-refractivity contribution in [1.29, 1.82) is 0 Å². The summed E-state index contributed by atoms with van der Waals surface area (Å²) in [6.07, 6.45) is 8.15. The zero-order chi connectivity index (χ0) is 15.0. The van der Waals surface area contributed by atoms with Gasteiger partial charge in [0, 0.05) is 24.7 Å². The molecule has 0 bridgehead atoms. The summed E-state index contributed by atoms with van der Waals surface area (Å²) in [6, 6.07) is 0.840. The van der Waals surface area contributed by atoms with Gasteiger partial charge in [-0.15, -0.1) is 0 Å². The van der Waals surface area contributed by atoms with E-state index in [2.05, 4.69) is 39.5 Å². The standard InChI is InChI=1S/C18H36N2/c1-14(2)12-20(16-6-7-16)18(13-19)10-8-15(9-11-18)17(3,4)5/h14-16H,6-13,19H2,1-5H3. The third-order valence-corrected chi connectivity index (χ3v) is 5.68. The van der Waals surface area contributed by atoms with Gasteiger partial charge in [-0.1, -0.05) is 34.6 Å². The molecule has 0 aromatic rings. The zero-order valence-electron chi connectivity index (χ0n) is 14.4. The molecule has 2 heteroatoms. The van der Waals surface area contributed by atoms with Crippen LogP contribution in [0.15, 0.2) is 0 Å². The maximum Gasteiger partial charge on any atom is 0.0335 e. The van der Waals surface area contributed by atoms with Crippen LogP contribution in [-0.2, 0) is 0 Å². The van der Waals surface area contributed by atoms with Gasteiger partial charge < -0.3 is 5.73 Å². The fraction of sp³-hybridized carbons (Fsp3) is 1.00. The van der Waals surface area contributed by atoms with Crippen molar-refractivity contribution in [3.05, 3.63) is 0 Å². The Bertz CT molecular complexity index is 304. The molecule has 118 valence electrons. The molecular formula is C18H36N2. The SMILES string of the molecule is CC(C)CN(C1CC1)C1(CN)CCC(C(C)(C)C)CC1. The van der Waals surface area contributed by atoms with Crippen LogP contribution in [0.4, 0.5) is 0 Å². The topological polar surface area (TPSA) is 29.3 Å². The van der Waals surface area contributed by atoms with Gasteiger partial charge in [0.2, 0.25) is 0 Å². The molecule has 2 N–H and O–H groups in total. The van der Waals surface area contributed by atoms with Crippen molar-refractivity contribution in [3.63, 3.8) is 0 Å². The van der Waals surface area contributed by atoms with E-state index in [4.69, 9.17) is 5.73 Å². The molecule has 2 fully saturated rings. The molecule has 0 saturated heterocycles. The molecule has 0 amide bonds. The van der Waals surface area contributed by atoms with Crippen LogP contribution in [0, 0.1) is 17.3 Å². The van der Waals surface area contributed by atoms with Crippen LogP contribution in [0.2, 0.25) is 0 Å². The summed E-state index contributed by atoms with van der Waals surface area (Å²) in [5.41, 5.74) is 7.07. The van der Waals surface area contributed by atoms with E-state index in [0.717, 1.165) is 24.4 Å². The first-order valence-electron chi connectivity index (χ1n) is 8.75. The Kier molecular flexibility index (Phi) is 4.86. The van der Waals surface area contributed by atoms with Crippen LogP contribution in [-0.4, -0.2) is 29.6 Å². The molecule has 0 atom stereocenters. The molecule has 0 heterocycles. The van der Waals surface area contributed by atoms with Crippen molar-refractivity contribution in [2.75, 3.05) is 13.1 Å². The molecule has 2 rings (SSSR count). The highest BCUT2D eigenvalue weighted by molar-refractivity contribution is 5.02. The van der Waals surface area contributed by atoms with Gasteiger partial charge in [0.1, 0.15) is 0 Å². The van der Waals surface area contributed by atoms with Crippen molar-refractivity contribution < 1.29 is 0 Å². The van der Waals surface area contributed by atoms with Gasteiger partial charge >= 0.3 is 0 Å². The average molecular weight is 280 g/mol. The van der Waals surface area contributed by atoms with Crippen molar-refractivity contribution >= 4 is 0 Å². The Hall–Kier alpha value is -0.0800. The summed E-state index contributed by atoms with van der Waals surface area (Å²) in [6.45, 7) is 14.0. The lowest BCUT2D eigenvalue weighted by Crippen LogP contribution is -2.58. The minimum atomic E-state index is 0.313. The van der Waals surface area contributed by atoms with E-state index in [-0.39, 0.29) is 0 Å². The summed E-state index contributed by atoms with van der Waals surface area (Å²) >= 11 is 0. The molecule has 0 aliphatic heterocycles.